The van der Waals surface area contributed by atoms with Crippen molar-refractivity contribution in [3.05, 3.63) is 34.3 Å². The van der Waals surface area contributed by atoms with Crippen LogP contribution >= 0.6 is 11.6 Å². The summed E-state index contributed by atoms with van der Waals surface area (Å²) in [5.74, 6) is 0.482. The van der Waals surface area contributed by atoms with E-state index in [-0.39, 0.29) is 5.56 Å². The first-order valence-electron chi connectivity index (χ1n) is 6.69. The van der Waals surface area contributed by atoms with Crippen molar-refractivity contribution in [3.8, 4) is 0 Å². The molecular weight excluding hydrogens is 262 g/mol. The van der Waals surface area contributed by atoms with E-state index >= 15 is 0 Å². The molecule has 1 aliphatic rings. The van der Waals surface area contributed by atoms with Gasteiger partial charge in [-0.25, -0.2) is 4.79 Å². The molecule has 0 amide bonds. The van der Waals surface area contributed by atoms with Crippen LogP contribution in [0, 0.1) is 11.8 Å². The van der Waals surface area contributed by atoms with Gasteiger partial charge in [-0.1, -0.05) is 31.5 Å². The summed E-state index contributed by atoms with van der Waals surface area (Å²) < 4.78 is 0. The van der Waals surface area contributed by atoms with E-state index in [1.54, 1.807) is 6.07 Å². The summed E-state index contributed by atoms with van der Waals surface area (Å²) in [4.78, 5) is 13.3. The van der Waals surface area contributed by atoms with Crippen LogP contribution in [0.4, 0.5) is 0 Å². The number of carboxylic acid groups (broad SMARTS) is 1. The van der Waals surface area contributed by atoms with Gasteiger partial charge in [-0.15, -0.1) is 0 Å². The van der Waals surface area contributed by atoms with Crippen molar-refractivity contribution in [1.29, 1.82) is 0 Å². The molecule has 0 aromatic heterocycles. The normalized spacial score (nSPS) is 24.4. The van der Waals surface area contributed by atoms with Gasteiger partial charge >= 0.3 is 5.97 Å². The van der Waals surface area contributed by atoms with Crippen molar-refractivity contribution >= 4 is 17.6 Å². The number of carbonyl (C=O) groups is 1. The monoisotopic (exact) mass is 281 g/mol. The van der Waals surface area contributed by atoms with E-state index in [1.807, 2.05) is 6.07 Å². The van der Waals surface area contributed by atoms with Crippen LogP contribution in [0.3, 0.4) is 0 Å². The Morgan fingerprint density at radius 3 is 2.53 bits per heavy atom. The molecule has 0 spiro atoms. The lowest BCUT2D eigenvalue weighted by Gasteiger charge is -2.35. The second kappa shape index (κ2) is 5.93. The average molecular weight is 282 g/mol. The molecule has 0 aliphatic carbocycles. The zero-order valence-corrected chi connectivity index (χ0v) is 12.2. The van der Waals surface area contributed by atoms with Crippen molar-refractivity contribution < 1.29 is 9.90 Å². The lowest BCUT2D eigenvalue weighted by atomic mass is 9.91. The van der Waals surface area contributed by atoms with Crippen LogP contribution in [0.2, 0.25) is 5.02 Å². The van der Waals surface area contributed by atoms with Crippen molar-refractivity contribution in [3.63, 3.8) is 0 Å². The van der Waals surface area contributed by atoms with Gasteiger partial charge < -0.3 is 5.11 Å². The Hall–Kier alpha value is -1.06. The number of hydrogen-bond acceptors (Lipinski definition) is 2. The zero-order valence-electron chi connectivity index (χ0n) is 11.4. The summed E-state index contributed by atoms with van der Waals surface area (Å²) in [6, 6.07) is 4.99. The highest BCUT2D eigenvalue weighted by molar-refractivity contribution is 6.31. The predicted octanol–water partition coefficient (Wildman–Crippen LogP) is 3.52. The molecule has 19 heavy (non-hydrogen) atoms. The van der Waals surface area contributed by atoms with Gasteiger partial charge in [0.2, 0.25) is 0 Å². The highest BCUT2D eigenvalue weighted by Gasteiger charge is 2.22. The molecule has 0 radical (unpaired) electrons. The van der Waals surface area contributed by atoms with Gasteiger partial charge in [0.1, 0.15) is 0 Å². The quantitative estimate of drug-likeness (QED) is 0.922. The van der Waals surface area contributed by atoms with Crippen LogP contribution in [0.1, 0.15) is 36.2 Å². The molecule has 2 atom stereocenters. The topological polar surface area (TPSA) is 40.5 Å². The molecule has 2 rings (SSSR count). The van der Waals surface area contributed by atoms with E-state index in [2.05, 4.69) is 18.7 Å². The Bertz CT molecular complexity index is 465. The van der Waals surface area contributed by atoms with Crippen LogP contribution in [-0.2, 0) is 6.54 Å². The molecule has 1 saturated heterocycles. The van der Waals surface area contributed by atoms with Gasteiger partial charge in [-0.3, -0.25) is 4.90 Å². The smallest absolute Gasteiger partial charge is 0.335 e. The molecule has 1 N–H and O–H groups in total. The van der Waals surface area contributed by atoms with Crippen LogP contribution in [0.5, 0.6) is 0 Å². The molecule has 1 aromatic carbocycles. The zero-order chi connectivity index (χ0) is 14.0. The fourth-order valence-corrected chi connectivity index (χ4v) is 3.21. The highest BCUT2D eigenvalue weighted by Crippen LogP contribution is 2.25. The molecule has 1 aliphatic heterocycles. The largest absolute Gasteiger partial charge is 0.478 e. The minimum atomic E-state index is -0.936. The third-order valence-electron chi connectivity index (χ3n) is 3.64. The predicted molar refractivity (Wildman–Crippen MR) is 76.6 cm³/mol. The maximum absolute atomic E-state index is 10.9. The van der Waals surface area contributed by atoms with Crippen LogP contribution in [0.15, 0.2) is 18.2 Å². The summed E-state index contributed by atoms with van der Waals surface area (Å²) in [6.07, 6.45) is 1.28. The second-order valence-electron chi connectivity index (χ2n) is 5.75. The van der Waals surface area contributed by atoms with Crippen molar-refractivity contribution in [1.82, 2.24) is 4.90 Å². The standard InChI is InChI=1S/C15H20ClNO2/c1-10-5-11(2)8-17(7-10)9-13-4-3-12(15(18)19)6-14(13)16/h3-4,6,10-11H,5,7-9H2,1-2H3,(H,18,19). The molecule has 2 unspecified atom stereocenters. The van der Waals surface area contributed by atoms with E-state index in [1.165, 1.54) is 12.5 Å². The number of halogens is 1. The number of rotatable bonds is 3. The molecule has 4 heteroatoms. The molecule has 0 bridgehead atoms. The van der Waals surface area contributed by atoms with Gasteiger partial charge in [0.25, 0.3) is 0 Å². The third kappa shape index (κ3) is 3.71. The maximum atomic E-state index is 10.9. The second-order valence-corrected chi connectivity index (χ2v) is 6.16. The molecule has 1 heterocycles. The van der Waals surface area contributed by atoms with Gasteiger partial charge in [0, 0.05) is 24.7 Å². The summed E-state index contributed by atoms with van der Waals surface area (Å²) in [7, 11) is 0. The molecule has 3 nitrogen and oxygen atoms in total. The summed E-state index contributed by atoms with van der Waals surface area (Å²) in [5.41, 5.74) is 1.25. The third-order valence-corrected chi connectivity index (χ3v) is 3.99. The minimum Gasteiger partial charge on any atom is -0.478 e. The van der Waals surface area contributed by atoms with Gasteiger partial charge in [0.15, 0.2) is 0 Å². The summed E-state index contributed by atoms with van der Waals surface area (Å²) in [5, 5.41) is 9.47. The highest BCUT2D eigenvalue weighted by atomic mass is 35.5. The van der Waals surface area contributed by atoms with E-state index in [0.29, 0.717) is 16.9 Å². The van der Waals surface area contributed by atoms with E-state index < -0.39 is 5.97 Å². The van der Waals surface area contributed by atoms with Gasteiger partial charge in [0.05, 0.1) is 5.56 Å². The molecule has 0 saturated carbocycles. The lowest BCUT2D eigenvalue weighted by molar-refractivity contribution is 0.0697. The van der Waals surface area contributed by atoms with Crippen molar-refractivity contribution in [2.45, 2.75) is 26.8 Å². The Balaban J connectivity index is 2.08. The number of piperidine rings is 1. The lowest BCUT2D eigenvalue weighted by Crippen LogP contribution is -2.38. The van der Waals surface area contributed by atoms with E-state index in [9.17, 15) is 4.79 Å². The SMILES string of the molecule is CC1CC(C)CN(Cc2ccc(C(=O)O)cc2Cl)C1. The Kier molecular flexibility index (Phi) is 4.48. The number of likely N-dealkylation sites (tertiary alicyclic amines) is 1. The number of benzene rings is 1. The van der Waals surface area contributed by atoms with Crippen LogP contribution in [0.25, 0.3) is 0 Å². The first-order chi connectivity index (χ1) is 8.95. The average Bonchev–Trinajstić information content (AvgIpc) is 2.30. The number of aromatic carboxylic acids is 1. The maximum Gasteiger partial charge on any atom is 0.335 e. The molecule has 1 fully saturated rings. The Morgan fingerprint density at radius 2 is 2.00 bits per heavy atom. The van der Waals surface area contributed by atoms with E-state index in [4.69, 9.17) is 16.7 Å². The summed E-state index contributed by atoms with van der Waals surface area (Å²) >= 11 is 6.18. The molecular formula is C15H20ClNO2. The number of hydrogen-bond donors (Lipinski definition) is 1. The van der Waals surface area contributed by atoms with E-state index in [0.717, 1.165) is 25.2 Å². The minimum absolute atomic E-state index is 0.245. The van der Waals surface area contributed by atoms with Gasteiger partial charge in [-0.05, 0) is 36.0 Å². The first-order valence-corrected chi connectivity index (χ1v) is 7.07. The number of nitrogens with zero attached hydrogens (tertiary/aromatic N) is 1. The fraction of sp³-hybridized carbons (Fsp3) is 0.533. The Morgan fingerprint density at radius 1 is 1.37 bits per heavy atom. The summed E-state index contributed by atoms with van der Waals surface area (Å²) in [6.45, 7) is 7.52. The Labute approximate surface area is 119 Å². The molecule has 104 valence electrons. The first kappa shape index (κ1) is 14.4. The molecule has 1 aromatic rings. The fourth-order valence-electron chi connectivity index (χ4n) is 2.97. The van der Waals surface area contributed by atoms with Gasteiger partial charge in [-0.2, -0.15) is 0 Å². The van der Waals surface area contributed by atoms with Crippen LogP contribution < -0.4 is 0 Å². The van der Waals surface area contributed by atoms with Crippen molar-refractivity contribution in [2.75, 3.05) is 13.1 Å². The van der Waals surface area contributed by atoms with Crippen molar-refractivity contribution in [2.24, 2.45) is 11.8 Å². The number of carboxylic acids is 1. The van der Waals surface area contributed by atoms with Crippen LogP contribution in [-0.4, -0.2) is 29.1 Å².